The van der Waals surface area contributed by atoms with Crippen molar-refractivity contribution in [1.82, 2.24) is 5.32 Å². The van der Waals surface area contributed by atoms with Crippen LogP contribution in [0.5, 0.6) is 0 Å². The van der Waals surface area contributed by atoms with E-state index in [4.69, 9.17) is 6.85 Å². The zero-order chi connectivity index (χ0) is 28.5. The van der Waals surface area contributed by atoms with Crippen molar-refractivity contribution in [3.05, 3.63) is 0 Å². The summed E-state index contributed by atoms with van der Waals surface area (Å²) in [6.45, 7) is 6.38. The van der Waals surface area contributed by atoms with Crippen LogP contribution in [0.1, 0.15) is 98.2 Å². The number of fused-ring (bicyclic) bond motifs is 5. The number of carbonyl (C=O) groups is 1. The van der Waals surface area contributed by atoms with Crippen molar-refractivity contribution in [3.63, 3.8) is 0 Å². The number of aliphatic hydroxyl groups is 1. The molecule has 0 saturated heterocycles. The Kier molecular flexibility index (Phi) is 7.22. The third kappa shape index (κ3) is 5.75. The summed E-state index contributed by atoms with van der Waals surface area (Å²) in [7, 11) is -4.35. The van der Waals surface area contributed by atoms with Gasteiger partial charge in [0.15, 0.2) is 0 Å². The Morgan fingerprint density at radius 1 is 1.18 bits per heavy atom. The molecule has 0 aromatic heterocycles. The van der Waals surface area contributed by atoms with Gasteiger partial charge in [-0.3, -0.25) is 4.79 Å². The molecule has 4 aliphatic rings. The molecule has 0 aliphatic heterocycles. The van der Waals surface area contributed by atoms with E-state index in [1.165, 1.54) is 0 Å². The van der Waals surface area contributed by atoms with Crippen LogP contribution in [0.15, 0.2) is 0 Å². The third-order valence-corrected chi connectivity index (χ3v) is 10.8. The van der Waals surface area contributed by atoms with Crippen LogP contribution >= 0.6 is 0 Å². The van der Waals surface area contributed by atoms with Crippen molar-refractivity contribution in [2.75, 3.05) is 12.3 Å². The van der Waals surface area contributed by atoms with Gasteiger partial charge in [0.25, 0.3) is 0 Å². The molecule has 0 aromatic carbocycles. The molecule has 0 radical (unpaired) electrons. The van der Waals surface area contributed by atoms with Gasteiger partial charge in [0, 0.05) is 18.4 Å². The van der Waals surface area contributed by atoms with E-state index in [0.717, 1.165) is 32.1 Å². The van der Waals surface area contributed by atoms with E-state index < -0.39 is 46.0 Å². The Morgan fingerprint density at radius 2 is 1.88 bits per heavy atom. The van der Waals surface area contributed by atoms with Gasteiger partial charge in [-0.05, 0) is 110 Å². The van der Waals surface area contributed by atoms with Gasteiger partial charge in [0.05, 0.1) is 23.3 Å². The Balaban J connectivity index is 0.00000420. The number of rotatable bonds is 7. The molecule has 8 heteroatoms. The molecule has 9 atom stereocenters. The number of nitrogens with one attached hydrogen (secondary N) is 1. The molecule has 2 N–H and O–H groups in total. The van der Waals surface area contributed by atoms with Gasteiger partial charge in [0.1, 0.15) is 0 Å². The normalized spacial score (nSPS) is 49.8. The molecule has 34 heavy (non-hydrogen) atoms. The van der Waals surface area contributed by atoms with Gasteiger partial charge < -0.3 is 15.0 Å². The fourth-order valence-electron chi connectivity index (χ4n) is 8.38. The van der Waals surface area contributed by atoms with Crippen molar-refractivity contribution in [3.8, 4) is 0 Å². The van der Waals surface area contributed by atoms with Gasteiger partial charge in [-0.2, -0.15) is 0 Å². The van der Waals surface area contributed by atoms with Crippen molar-refractivity contribution in [2.45, 2.75) is 97.4 Å². The third-order valence-electron chi connectivity index (χ3n) is 10.1. The molecule has 4 aliphatic carbocycles. The number of carbonyl (C=O) groups excluding carboxylic acids is 1. The molecule has 0 aromatic rings. The van der Waals surface area contributed by atoms with Crippen LogP contribution in [-0.4, -0.2) is 42.4 Å². The van der Waals surface area contributed by atoms with Crippen LogP contribution in [0.3, 0.4) is 0 Å². The largest absolute Gasteiger partial charge is 1.00 e. The molecule has 190 valence electrons. The summed E-state index contributed by atoms with van der Waals surface area (Å²) in [6, 6.07) is 0. The molecular weight excluding hydrogens is 461 g/mol. The molecule has 4 rings (SSSR count). The van der Waals surface area contributed by atoms with Crippen molar-refractivity contribution >= 4 is 16.0 Å². The predicted octanol–water partition coefficient (Wildman–Crippen LogP) is 1.09. The average Bonchev–Trinajstić information content (AvgIpc) is 3.12. The van der Waals surface area contributed by atoms with E-state index in [1.807, 2.05) is 6.92 Å². The maximum absolute atomic E-state index is 12.2. The molecule has 1 amide bonds. The fraction of sp³-hybridized carbons (Fsp3) is 0.962. The van der Waals surface area contributed by atoms with Crippen molar-refractivity contribution in [2.24, 2.45) is 46.3 Å². The number of hydrogen-bond donors (Lipinski definition) is 2. The van der Waals surface area contributed by atoms with Crippen LogP contribution in [0.2, 0.25) is 0 Å². The minimum atomic E-state index is -4.35. The van der Waals surface area contributed by atoms with Crippen molar-refractivity contribution < 1.29 is 59.3 Å². The maximum Gasteiger partial charge on any atom is 1.00 e. The van der Waals surface area contributed by atoms with Crippen LogP contribution < -0.4 is 34.9 Å². The number of hydrogen-bond acceptors (Lipinski definition) is 5. The monoisotopic (exact) mass is 510 g/mol. The van der Waals surface area contributed by atoms with E-state index in [-0.39, 0.29) is 66.2 Å². The summed E-state index contributed by atoms with van der Waals surface area (Å²) >= 11 is 0. The quantitative estimate of drug-likeness (QED) is 0.394. The second kappa shape index (κ2) is 11.0. The SMILES string of the molecule is [2H]C1([2H])C[C@]2(C)C3CC[C@]4(C)C([C@H](C)CCC(=O)NCCS(=O)(=O)[O-])CC[C@H]4[C@@H]3CC[C@@H]2C([2H])([2H])[C@]1([2H])O.[Na+]. The minimum absolute atomic E-state index is 0. The zero-order valence-corrected chi connectivity index (χ0v) is 24.0. The van der Waals surface area contributed by atoms with Crippen LogP contribution in [0.4, 0.5) is 0 Å². The molecule has 0 bridgehead atoms. The molecule has 6 nitrogen and oxygen atoms in total. The Bertz CT molecular complexity index is 1050. The zero-order valence-electron chi connectivity index (χ0n) is 26.2. The van der Waals surface area contributed by atoms with E-state index in [1.54, 1.807) is 0 Å². The second-order valence-corrected chi connectivity index (χ2v) is 13.2. The number of amides is 1. The predicted molar refractivity (Wildman–Crippen MR) is 127 cm³/mol. The topological polar surface area (TPSA) is 107 Å². The smallest absolute Gasteiger partial charge is 0.748 e. The first-order valence-electron chi connectivity index (χ1n) is 15.2. The van der Waals surface area contributed by atoms with Gasteiger partial charge in [-0.25, -0.2) is 8.42 Å². The summed E-state index contributed by atoms with van der Waals surface area (Å²) in [6.07, 6.45) is -1.16. The molecule has 4 saturated carbocycles. The maximum atomic E-state index is 12.2. The minimum Gasteiger partial charge on any atom is -0.748 e. The van der Waals surface area contributed by atoms with Gasteiger partial charge in [-0.15, -0.1) is 0 Å². The van der Waals surface area contributed by atoms with Gasteiger partial charge in [-0.1, -0.05) is 20.8 Å². The van der Waals surface area contributed by atoms with Crippen LogP contribution in [0.25, 0.3) is 0 Å². The summed E-state index contributed by atoms with van der Waals surface area (Å²) in [5, 5.41) is 13.2. The Labute approximate surface area is 235 Å². The molecular formula is C26H44NNaO5S. The molecule has 0 spiro atoms. The first kappa shape index (κ1) is 22.3. The summed E-state index contributed by atoms with van der Waals surface area (Å²) in [4.78, 5) is 12.2. The Morgan fingerprint density at radius 3 is 2.59 bits per heavy atom. The van der Waals surface area contributed by atoms with Gasteiger partial charge in [0.2, 0.25) is 5.91 Å². The van der Waals surface area contributed by atoms with E-state index in [9.17, 15) is 22.9 Å². The standard InChI is InChI=1S/C26H45NO5S.Na/c1-17(4-9-24(29)27-14-15-33(30,31)32)21-7-8-22-20-6-5-18-16-19(28)10-12-25(18,2)23(20)11-13-26(21,22)3;/h17-23,28H,4-16H2,1-3H3,(H,27,29)(H,30,31,32);/q;+1/p-1/t17-,18-,19-,20+,21?,22+,23?,25+,26-;/m1./s1/i10D2,16D2,19D;. The van der Waals surface area contributed by atoms with E-state index in [0.29, 0.717) is 36.5 Å². The molecule has 4 fully saturated rings. The van der Waals surface area contributed by atoms with Crippen molar-refractivity contribution in [1.29, 1.82) is 0 Å². The summed E-state index contributed by atoms with van der Waals surface area (Å²) in [5.74, 6) is 0.254. The average molecular weight is 511 g/mol. The van der Waals surface area contributed by atoms with E-state index in [2.05, 4.69) is 19.2 Å². The van der Waals surface area contributed by atoms with Gasteiger partial charge >= 0.3 is 29.6 Å². The Hall–Kier alpha value is 0.340. The van der Waals surface area contributed by atoms with Crippen LogP contribution in [-0.2, 0) is 14.9 Å². The molecule has 2 unspecified atom stereocenters. The first-order chi connectivity index (χ1) is 17.3. The summed E-state index contributed by atoms with van der Waals surface area (Å²) in [5.41, 5.74) is -0.538. The summed E-state index contributed by atoms with van der Waals surface area (Å²) < 4.78 is 74.8. The molecule has 0 heterocycles. The second-order valence-electron chi connectivity index (χ2n) is 11.7. The van der Waals surface area contributed by atoms with E-state index >= 15 is 0 Å². The first-order valence-corrected chi connectivity index (χ1v) is 14.3. The van der Waals surface area contributed by atoms with Crippen LogP contribution in [0, 0.1) is 46.3 Å². The fourth-order valence-corrected chi connectivity index (χ4v) is 8.73.